The molecule has 3 saturated carbocycles. The lowest BCUT2D eigenvalue weighted by molar-refractivity contribution is -0.177. The van der Waals surface area contributed by atoms with Crippen LogP contribution in [0.5, 0.6) is 0 Å². The Labute approximate surface area is 441 Å². The van der Waals surface area contributed by atoms with Gasteiger partial charge in [-0.25, -0.2) is 9.37 Å². The number of carbonyl (C=O) groups excluding carboxylic acids is 3. The fraction of sp³-hybridized carbons (Fsp3) is 0.611. The maximum atomic E-state index is 15.0. The van der Waals surface area contributed by atoms with E-state index in [1.807, 2.05) is 35.6 Å². The van der Waals surface area contributed by atoms with Crippen LogP contribution in [-0.4, -0.2) is 168 Å². The number of aliphatic hydroxyl groups excluding tert-OH is 1. The Balaban J connectivity index is 0.516. The van der Waals surface area contributed by atoms with Gasteiger partial charge in [-0.15, -0.1) is 21.5 Å². The van der Waals surface area contributed by atoms with Crippen molar-refractivity contribution in [1.29, 1.82) is 0 Å². The van der Waals surface area contributed by atoms with Gasteiger partial charge in [-0.1, -0.05) is 36.8 Å². The fourth-order valence-corrected chi connectivity index (χ4v) is 13.0. The van der Waals surface area contributed by atoms with Crippen LogP contribution in [0.1, 0.15) is 118 Å². The number of likely N-dealkylation sites (tertiary alicyclic amines) is 1. The van der Waals surface area contributed by atoms with E-state index in [0.717, 1.165) is 69.0 Å². The largest absolute Gasteiger partial charge is 0.378 e. The summed E-state index contributed by atoms with van der Waals surface area (Å²) in [4.78, 5) is 51.8. The van der Waals surface area contributed by atoms with Gasteiger partial charge in [0, 0.05) is 80.1 Å². The first-order valence-electron chi connectivity index (χ1n) is 27.0. The molecule has 2 bridgehead atoms. The van der Waals surface area contributed by atoms with Gasteiger partial charge >= 0.3 is 0 Å². The van der Waals surface area contributed by atoms with E-state index >= 15 is 0 Å². The van der Waals surface area contributed by atoms with Crippen LogP contribution in [0.2, 0.25) is 0 Å². The van der Waals surface area contributed by atoms with Crippen LogP contribution >= 0.6 is 11.3 Å². The summed E-state index contributed by atoms with van der Waals surface area (Å²) in [5, 5.41) is 31.2. The molecule has 0 spiro atoms. The zero-order chi connectivity index (χ0) is 51.8. The van der Waals surface area contributed by atoms with Crippen molar-refractivity contribution in [2.45, 2.75) is 102 Å². The van der Waals surface area contributed by atoms with Crippen molar-refractivity contribution in [3.8, 4) is 0 Å². The van der Waals surface area contributed by atoms with Crippen LogP contribution in [0.15, 0.2) is 47.6 Å². The summed E-state index contributed by atoms with van der Waals surface area (Å²) in [7, 11) is 0. The number of amides is 3. The first kappa shape index (κ1) is 53.2. The number of thiazole rings is 1. The number of piperazine rings is 1. The summed E-state index contributed by atoms with van der Waals surface area (Å²) >= 11 is 1.82. The van der Waals surface area contributed by atoms with E-state index in [1.54, 1.807) is 21.9 Å². The van der Waals surface area contributed by atoms with Crippen LogP contribution in [0.25, 0.3) is 0 Å². The van der Waals surface area contributed by atoms with Crippen molar-refractivity contribution in [3.05, 3.63) is 97.8 Å². The van der Waals surface area contributed by atoms with Gasteiger partial charge in [0.1, 0.15) is 22.5 Å². The molecule has 2 aromatic carbocycles. The number of hydrogen-bond donors (Lipinski definition) is 4. The van der Waals surface area contributed by atoms with Crippen molar-refractivity contribution in [2.75, 3.05) is 105 Å². The number of hydrogen-bond acceptors (Lipinski definition) is 16. The molecule has 0 radical (unpaired) electrons. The Morgan fingerprint density at radius 1 is 0.840 bits per heavy atom. The van der Waals surface area contributed by atoms with Crippen molar-refractivity contribution in [1.82, 2.24) is 50.5 Å². The minimum atomic E-state index is -0.907. The van der Waals surface area contributed by atoms with Gasteiger partial charge in [0.25, 0.3) is 5.91 Å². The Hall–Kier alpha value is -5.26. The molecule has 2 unspecified atom stereocenters. The molecule has 404 valence electrons. The molecule has 2 saturated heterocycles. The summed E-state index contributed by atoms with van der Waals surface area (Å²) in [5.74, 6) is 1.32. The molecule has 3 aliphatic carbocycles. The molecule has 4 aliphatic heterocycles. The molecule has 11 rings (SSSR count). The highest BCUT2D eigenvalue weighted by molar-refractivity contribution is 7.11. The zero-order valence-electron chi connectivity index (χ0n) is 43.2. The maximum absolute atomic E-state index is 15.0. The van der Waals surface area contributed by atoms with Crippen LogP contribution in [0.3, 0.4) is 0 Å². The van der Waals surface area contributed by atoms with E-state index in [9.17, 15) is 23.9 Å². The number of carbonyl (C=O) groups is 3. The number of nitrogens with zero attached hydrogens (tertiary/aromatic N) is 8. The second-order valence-corrected chi connectivity index (χ2v) is 22.2. The van der Waals surface area contributed by atoms with Gasteiger partial charge in [-0.2, -0.15) is 5.10 Å². The minimum absolute atomic E-state index is 0.0209. The molecule has 5 fully saturated rings. The molecule has 7 aliphatic rings. The first-order chi connectivity index (χ1) is 36.6. The van der Waals surface area contributed by atoms with E-state index in [0.29, 0.717) is 121 Å². The number of benzene rings is 2. The van der Waals surface area contributed by atoms with Gasteiger partial charge in [0.2, 0.25) is 11.8 Å². The summed E-state index contributed by atoms with van der Waals surface area (Å²) in [6, 6.07) is 12.2. The monoisotopic (exact) mass is 1050 g/mol. The Kier molecular flexibility index (Phi) is 17.3. The number of hydrazone groups is 1. The van der Waals surface area contributed by atoms with Gasteiger partial charge in [0.15, 0.2) is 6.23 Å². The van der Waals surface area contributed by atoms with Crippen molar-refractivity contribution >= 4 is 34.8 Å². The Morgan fingerprint density at radius 2 is 1.56 bits per heavy atom. The zero-order valence-corrected chi connectivity index (χ0v) is 44.0. The summed E-state index contributed by atoms with van der Waals surface area (Å²) in [6.07, 6.45) is 9.02. The predicted molar refractivity (Wildman–Crippen MR) is 278 cm³/mol. The molecule has 2 atom stereocenters. The summed E-state index contributed by atoms with van der Waals surface area (Å²) < 4.78 is 39.9. The molecule has 6 heterocycles. The number of fused-ring (bicyclic) bond motifs is 2. The molecular formula is C54H72FN11O8S. The minimum Gasteiger partial charge on any atom is -0.378 e. The van der Waals surface area contributed by atoms with Crippen LogP contribution in [0, 0.1) is 18.2 Å². The highest BCUT2D eigenvalue weighted by Gasteiger charge is 2.73. The molecule has 21 heteroatoms. The van der Waals surface area contributed by atoms with Gasteiger partial charge in [-0.05, 0) is 76.1 Å². The first-order valence-corrected chi connectivity index (χ1v) is 27.8. The second-order valence-electron chi connectivity index (χ2n) is 20.9. The van der Waals surface area contributed by atoms with Crippen LogP contribution in [-0.2, 0) is 59.9 Å². The van der Waals surface area contributed by atoms with Crippen molar-refractivity contribution < 1.29 is 42.8 Å². The lowest BCUT2D eigenvalue weighted by Gasteiger charge is -2.68. The molecular weight excluding hydrogens is 982 g/mol. The van der Waals surface area contributed by atoms with E-state index in [-0.39, 0.29) is 34.8 Å². The number of halogens is 1. The molecule has 75 heavy (non-hydrogen) atoms. The Morgan fingerprint density at radius 3 is 2.33 bits per heavy atom. The SMILES string of the molecule is Cc1sc(CN2CCCC2c2nnc3n2CCCCC3)nc1C12CC(C(=O)NCCOCCOCCOCCOCCNCC(=O)N3CCN(C(=O)c4cc(CC5=NNC(O)c6ccccc65)ccc4F)CC3)(C1)C2. The normalized spacial score (nSPS) is 23.1. The third-order valence-corrected chi connectivity index (χ3v) is 16.7. The van der Waals surface area contributed by atoms with E-state index < -0.39 is 18.0 Å². The average Bonchev–Trinajstić information content (AvgIpc) is 4.26. The van der Waals surface area contributed by atoms with E-state index in [4.69, 9.17) is 29.0 Å². The number of rotatable bonds is 25. The lowest BCUT2D eigenvalue weighted by Crippen LogP contribution is -2.70. The molecule has 4 aromatic rings. The smallest absolute Gasteiger partial charge is 0.256 e. The fourth-order valence-electron chi connectivity index (χ4n) is 11.9. The molecule has 3 amide bonds. The number of aryl methyl sites for hydroxylation is 2. The van der Waals surface area contributed by atoms with Gasteiger partial charge in [0.05, 0.1) is 94.4 Å². The van der Waals surface area contributed by atoms with E-state index in [2.05, 4.69) is 42.7 Å². The number of ether oxygens (including phenoxy) is 4. The van der Waals surface area contributed by atoms with Crippen molar-refractivity contribution in [2.24, 2.45) is 10.5 Å². The number of nitrogens with one attached hydrogen (secondary N) is 3. The second kappa shape index (κ2) is 24.4. The predicted octanol–water partition coefficient (Wildman–Crippen LogP) is 3.97. The Bertz CT molecular complexity index is 2650. The summed E-state index contributed by atoms with van der Waals surface area (Å²) in [5.41, 5.74) is 6.57. The van der Waals surface area contributed by atoms with E-state index in [1.165, 1.54) is 47.3 Å². The third-order valence-electron chi connectivity index (χ3n) is 15.8. The lowest BCUT2D eigenvalue weighted by atomic mass is 9.34. The standard InChI is InChI=1S/C54H72FN11O8S/c1-37-48(58-46(75-37)33-65-16-7-10-44(65)49-61-60-45-11-3-2-6-17-66(45)49)53-34-54(35-53,36-53)52(70)57-15-23-72-25-27-74-29-28-73-26-24-71-22-14-56-32-47(67)63-18-20-64(21-19-63)51(69)41-30-38(12-13-42(41)55)31-43-39-8-4-5-9-40(39)50(68)62-59-43/h4-5,8-9,12-13,30,44,50,56,62,68H,2-3,6-7,10-11,14-29,31-36H2,1H3,(H,57,70). The highest BCUT2D eigenvalue weighted by Crippen LogP contribution is 2.74. The quantitative estimate of drug-likeness (QED) is 0.0693. The molecule has 2 aromatic heterocycles. The molecule has 19 nitrogen and oxygen atoms in total. The van der Waals surface area contributed by atoms with Gasteiger partial charge < -0.3 is 49.1 Å². The number of aliphatic hydroxyl groups is 1. The van der Waals surface area contributed by atoms with Crippen molar-refractivity contribution in [3.63, 3.8) is 0 Å². The average molecular weight is 1050 g/mol. The summed E-state index contributed by atoms with van der Waals surface area (Å²) in [6.45, 7) is 10.9. The number of aromatic nitrogens is 4. The maximum Gasteiger partial charge on any atom is 0.256 e. The molecule has 4 N–H and O–H groups in total. The van der Waals surface area contributed by atoms with Crippen LogP contribution < -0.4 is 16.1 Å². The topological polar surface area (TPSA) is 210 Å². The highest BCUT2D eigenvalue weighted by atomic mass is 32.1. The van der Waals surface area contributed by atoms with Crippen LogP contribution in [0.4, 0.5) is 4.39 Å². The van der Waals surface area contributed by atoms with Gasteiger partial charge in [-0.3, -0.25) is 24.7 Å². The third kappa shape index (κ3) is 12.2.